The molecule has 0 aliphatic rings. The third kappa shape index (κ3) is 4.31. The largest absolute Gasteiger partial charge is 0.394 e. The highest BCUT2D eigenvalue weighted by Gasteiger charge is 2.14. The number of nitrogens with one attached hydrogen (secondary N) is 2. The number of aliphatic hydroxyl groups excluding tert-OH is 2. The maximum absolute atomic E-state index is 9.20. The molecule has 11 heavy (non-hydrogen) atoms. The van der Waals surface area contributed by atoms with Crippen LogP contribution in [-0.4, -0.2) is 42.2 Å². The Balaban J connectivity index is 3.66. The average molecular weight is 162 g/mol. The van der Waals surface area contributed by atoms with Crippen LogP contribution in [-0.2, 0) is 0 Å². The Bertz CT molecular complexity index is 84.5. The van der Waals surface area contributed by atoms with Crippen LogP contribution in [0, 0.1) is 0 Å². The van der Waals surface area contributed by atoms with E-state index in [-0.39, 0.29) is 12.8 Å². The highest BCUT2D eigenvalue weighted by Crippen LogP contribution is 1.87. The molecule has 4 nitrogen and oxygen atoms in total. The Hall–Kier alpha value is -0.160. The number of hydrogen-bond acceptors (Lipinski definition) is 4. The van der Waals surface area contributed by atoms with Crippen LogP contribution < -0.4 is 10.6 Å². The lowest BCUT2D eigenvalue weighted by molar-refractivity contribution is 0.0530. The van der Waals surface area contributed by atoms with Crippen molar-refractivity contribution in [1.29, 1.82) is 0 Å². The summed E-state index contributed by atoms with van der Waals surface area (Å²) in [6.45, 7) is 5.23. The van der Waals surface area contributed by atoms with Crippen LogP contribution >= 0.6 is 0 Å². The fourth-order valence-corrected chi connectivity index (χ4v) is 0.889. The lowest BCUT2D eigenvalue weighted by Gasteiger charge is -2.22. The fourth-order valence-electron chi connectivity index (χ4n) is 0.889. The van der Waals surface area contributed by atoms with Crippen LogP contribution in [0.5, 0.6) is 0 Å². The molecule has 0 aliphatic heterocycles. The molecule has 0 aromatic rings. The molecule has 0 saturated heterocycles. The van der Waals surface area contributed by atoms with E-state index in [1.807, 2.05) is 13.8 Å². The van der Waals surface area contributed by atoms with Gasteiger partial charge in [0, 0.05) is 0 Å². The van der Waals surface area contributed by atoms with Crippen molar-refractivity contribution < 1.29 is 10.2 Å². The lowest BCUT2D eigenvalue weighted by atomic mass is 10.3. The van der Waals surface area contributed by atoms with Crippen molar-refractivity contribution in [2.75, 3.05) is 19.7 Å². The van der Waals surface area contributed by atoms with E-state index >= 15 is 0 Å². The number of rotatable bonds is 6. The predicted octanol–water partition coefficient (Wildman–Crippen LogP) is -1.12. The Morgan fingerprint density at radius 3 is 1.91 bits per heavy atom. The van der Waals surface area contributed by atoms with Crippen LogP contribution in [0.15, 0.2) is 0 Å². The van der Waals surface area contributed by atoms with Crippen molar-refractivity contribution in [2.45, 2.75) is 26.1 Å². The van der Waals surface area contributed by atoms with Crippen molar-refractivity contribution in [3.8, 4) is 0 Å². The summed E-state index contributed by atoms with van der Waals surface area (Å²) >= 11 is 0. The van der Waals surface area contributed by atoms with Crippen LogP contribution in [0.2, 0.25) is 0 Å². The summed E-state index contributed by atoms with van der Waals surface area (Å²) in [4.78, 5) is 0. The zero-order valence-electron chi connectivity index (χ0n) is 7.17. The molecule has 1 unspecified atom stereocenters. The van der Waals surface area contributed by atoms with E-state index < -0.39 is 6.10 Å². The summed E-state index contributed by atoms with van der Waals surface area (Å²) < 4.78 is 0. The van der Waals surface area contributed by atoms with Crippen molar-refractivity contribution in [3.63, 3.8) is 0 Å². The minimum Gasteiger partial charge on any atom is -0.394 e. The Morgan fingerprint density at radius 1 is 1.18 bits per heavy atom. The van der Waals surface area contributed by atoms with Gasteiger partial charge in [-0.2, -0.15) is 0 Å². The maximum Gasteiger partial charge on any atom is 0.105 e. The van der Waals surface area contributed by atoms with Gasteiger partial charge in [-0.25, -0.2) is 0 Å². The number of hydrogen-bond donors (Lipinski definition) is 4. The Morgan fingerprint density at radius 2 is 1.64 bits per heavy atom. The first-order valence-electron chi connectivity index (χ1n) is 4.01. The molecule has 0 aromatic heterocycles. The van der Waals surface area contributed by atoms with E-state index in [9.17, 15) is 5.11 Å². The van der Waals surface area contributed by atoms with Crippen molar-refractivity contribution in [2.24, 2.45) is 0 Å². The van der Waals surface area contributed by atoms with Gasteiger partial charge in [0.05, 0.1) is 12.8 Å². The predicted molar refractivity (Wildman–Crippen MR) is 44.2 cm³/mol. The Labute approximate surface area is 67.6 Å². The number of likely N-dealkylation sites (N-methyl/N-ethyl adjacent to an activating group) is 2. The van der Waals surface area contributed by atoms with Crippen molar-refractivity contribution >= 4 is 0 Å². The van der Waals surface area contributed by atoms with Gasteiger partial charge in [-0.15, -0.1) is 0 Å². The zero-order valence-corrected chi connectivity index (χ0v) is 7.17. The standard InChI is InChI=1S/C7H18N2O2/c1-3-8-7(9-4-2)6(11)5-10/h6-11H,3-5H2,1-2H3. The van der Waals surface area contributed by atoms with Crippen molar-refractivity contribution in [1.82, 2.24) is 10.6 Å². The minimum absolute atomic E-state index is 0.199. The van der Waals surface area contributed by atoms with Crippen LogP contribution in [0.25, 0.3) is 0 Å². The third-order valence-corrected chi connectivity index (χ3v) is 1.42. The van der Waals surface area contributed by atoms with Crippen LogP contribution in [0.4, 0.5) is 0 Å². The monoisotopic (exact) mass is 162 g/mol. The normalized spacial score (nSPS) is 13.9. The molecule has 0 fully saturated rings. The summed E-state index contributed by atoms with van der Waals surface area (Å²) in [5, 5.41) is 23.9. The van der Waals surface area contributed by atoms with Gasteiger partial charge < -0.3 is 10.2 Å². The van der Waals surface area contributed by atoms with Gasteiger partial charge in [0.15, 0.2) is 0 Å². The lowest BCUT2D eigenvalue weighted by Crippen LogP contribution is -2.51. The molecule has 0 saturated carbocycles. The highest BCUT2D eigenvalue weighted by molar-refractivity contribution is 4.71. The van der Waals surface area contributed by atoms with Crippen LogP contribution in [0.3, 0.4) is 0 Å². The van der Waals surface area contributed by atoms with E-state index in [2.05, 4.69) is 10.6 Å². The summed E-state index contributed by atoms with van der Waals surface area (Å²) in [5.41, 5.74) is 0. The van der Waals surface area contributed by atoms with Gasteiger partial charge in [0.25, 0.3) is 0 Å². The first-order chi connectivity index (χ1) is 5.26. The molecule has 0 aromatic carbocycles. The SMILES string of the molecule is CCNC(NCC)C(O)CO. The molecule has 0 heterocycles. The van der Waals surface area contributed by atoms with Crippen LogP contribution in [0.1, 0.15) is 13.8 Å². The molecule has 1 atom stereocenters. The minimum atomic E-state index is -0.727. The Kier molecular flexibility index (Phi) is 6.45. The first kappa shape index (κ1) is 10.8. The zero-order chi connectivity index (χ0) is 8.69. The molecule has 0 aliphatic carbocycles. The van der Waals surface area contributed by atoms with E-state index in [1.54, 1.807) is 0 Å². The van der Waals surface area contributed by atoms with Gasteiger partial charge in [0.2, 0.25) is 0 Å². The average Bonchev–Trinajstić information content (AvgIpc) is 2.03. The molecule has 0 rings (SSSR count). The van der Waals surface area contributed by atoms with E-state index in [0.29, 0.717) is 0 Å². The van der Waals surface area contributed by atoms with Crippen molar-refractivity contribution in [3.05, 3.63) is 0 Å². The smallest absolute Gasteiger partial charge is 0.105 e. The summed E-state index contributed by atoms with van der Waals surface area (Å²) in [6, 6.07) is 0. The molecule has 0 bridgehead atoms. The summed E-state index contributed by atoms with van der Waals surface area (Å²) in [5.74, 6) is 0. The molecule has 4 N–H and O–H groups in total. The van der Waals surface area contributed by atoms with E-state index in [0.717, 1.165) is 13.1 Å². The fraction of sp³-hybridized carbons (Fsp3) is 1.00. The molecular formula is C7H18N2O2. The summed E-state index contributed by atoms with van der Waals surface area (Å²) in [7, 11) is 0. The van der Waals surface area contributed by atoms with E-state index in [4.69, 9.17) is 5.11 Å². The van der Waals surface area contributed by atoms with Gasteiger partial charge in [-0.05, 0) is 13.1 Å². The molecule has 0 radical (unpaired) electrons. The van der Waals surface area contributed by atoms with E-state index in [1.165, 1.54) is 0 Å². The topological polar surface area (TPSA) is 64.5 Å². The molecule has 0 amide bonds. The van der Waals surface area contributed by atoms with Gasteiger partial charge in [-0.1, -0.05) is 13.8 Å². The van der Waals surface area contributed by atoms with Gasteiger partial charge >= 0.3 is 0 Å². The second-order valence-electron chi connectivity index (χ2n) is 2.34. The number of aliphatic hydroxyl groups is 2. The molecule has 4 heteroatoms. The quantitative estimate of drug-likeness (QED) is 0.374. The summed E-state index contributed by atoms with van der Waals surface area (Å²) in [6.07, 6.45) is -0.926. The first-order valence-corrected chi connectivity index (χ1v) is 4.01. The van der Waals surface area contributed by atoms with Gasteiger partial charge in [-0.3, -0.25) is 10.6 Å². The van der Waals surface area contributed by atoms with Gasteiger partial charge in [0.1, 0.15) is 6.10 Å². The molecule has 68 valence electrons. The highest BCUT2D eigenvalue weighted by atomic mass is 16.3. The third-order valence-electron chi connectivity index (χ3n) is 1.42. The second kappa shape index (κ2) is 6.54. The molecular weight excluding hydrogens is 144 g/mol. The maximum atomic E-state index is 9.20. The second-order valence-corrected chi connectivity index (χ2v) is 2.34. The molecule has 0 spiro atoms.